The second-order valence-corrected chi connectivity index (χ2v) is 17.8. The summed E-state index contributed by atoms with van der Waals surface area (Å²) in [5.74, 6) is 0.718. The molecule has 1 aliphatic heterocycles. The van der Waals surface area contributed by atoms with Crippen molar-refractivity contribution in [3.8, 4) is 0 Å². The molecular formula is C34H51BO2S2. The molecule has 0 aromatic heterocycles. The highest BCUT2D eigenvalue weighted by Crippen LogP contribution is 2.74. The molecule has 0 aliphatic carbocycles. The van der Waals surface area contributed by atoms with Gasteiger partial charge < -0.3 is 8.92 Å². The fourth-order valence-corrected chi connectivity index (χ4v) is 8.13. The van der Waals surface area contributed by atoms with Gasteiger partial charge in [0.05, 0.1) is 21.1 Å². The SMILES string of the molecule is [B]C(C)(C)C(CC1(C)SC1(C)C(CC(C)(C)C)c1ccc(SOCC(C)(C)C)cc1)c1ccc(COC)cc1. The van der Waals surface area contributed by atoms with Crippen LogP contribution in [0.15, 0.2) is 53.4 Å². The van der Waals surface area contributed by atoms with Crippen molar-refractivity contribution >= 4 is 31.7 Å². The zero-order valence-corrected chi connectivity index (χ0v) is 27.9. The molecule has 214 valence electrons. The van der Waals surface area contributed by atoms with Gasteiger partial charge in [0.1, 0.15) is 0 Å². The van der Waals surface area contributed by atoms with Gasteiger partial charge >= 0.3 is 0 Å². The summed E-state index contributed by atoms with van der Waals surface area (Å²) in [7, 11) is 8.60. The fraction of sp³-hybridized carbons (Fsp3) is 0.647. The van der Waals surface area contributed by atoms with E-state index in [4.69, 9.17) is 16.8 Å². The first-order valence-corrected chi connectivity index (χ1v) is 15.9. The molecule has 4 atom stereocenters. The van der Waals surface area contributed by atoms with Gasteiger partial charge in [0, 0.05) is 39.5 Å². The highest BCUT2D eigenvalue weighted by molar-refractivity contribution is 8.09. The predicted molar refractivity (Wildman–Crippen MR) is 173 cm³/mol. The Bertz CT molecular complexity index is 1060. The van der Waals surface area contributed by atoms with Crippen LogP contribution in [-0.2, 0) is 15.5 Å². The van der Waals surface area contributed by atoms with Crippen LogP contribution in [0.4, 0.5) is 0 Å². The third-order valence-electron chi connectivity index (χ3n) is 8.04. The second kappa shape index (κ2) is 12.2. The molecule has 2 radical (unpaired) electrons. The minimum atomic E-state index is -0.318. The average Bonchev–Trinajstić information content (AvgIpc) is 3.36. The van der Waals surface area contributed by atoms with Crippen molar-refractivity contribution in [2.75, 3.05) is 13.7 Å². The molecule has 0 N–H and O–H groups in total. The fourth-order valence-electron chi connectivity index (χ4n) is 5.61. The molecule has 0 bridgehead atoms. The molecule has 0 amide bonds. The van der Waals surface area contributed by atoms with E-state index in [-0.39, 0.29) is 31.6 Å². The molecule has 2 aromatic carbocycles. The van der Waals surface area contributed by atoms with Crippen LogP contribution in [0.2, 0.25) is 5.31 Å². The van der Waals surface area contributed by atoms with E-state index in [0.717, 1.165) is 24.3 Å². The maximum atomic E-state index is 6.86. The molecule has 0 saturated carbocycles. The van der Waals surface area contributed by atoms with Crippen LogP contribution in [0, 0.1) is 10.8 Å². The van der Waals surface area contributed by atoms with Crippen molar-refractivity contribution in [1.29, 1.82) is 0 Å². The normalized spacial score (nSPS) is 23.5. The number of methoxy groups -OCH3 is 1. The van der Waals surface area contributed by atoms with Crippen LogP contribution in [0.1, 0.15) is 111 Å². The monoisotopic (exact) mass is 566 g/mol. The Morgan fingerprint density at radius 1 is 0.846 bits per heavy atom. The second-order valence-electron chi connectivity index (χ2n) is 15.0. The summed E-state index contributed by atoms with van der Waals surface area (Å²) < 4.78 is 11.5. The molecule has 39 heavy (non-hydrogen) atoms. The van der Waals surface area contributed by atoms with Crippen molar-refractivity contribution in [2.24, 2.45) is 10.8 Å². The molecule has 4 unspecified atom stereocenters. The molecule has 1 aliphatic rings. The van der Waals surface area contributed by atoms with Gasteiger partial charge in [0.15, 0.2) is 0 Å². The van der Waals surface area contributed by atoms with Crippen LogP contribution in [0.3, 0.4) is 0 Å². The lowest BCUT2D eigenvalue weighted by atomic mass is 9.58. The minimum Gasteiger partial charge on any atom is -0.380 e. The Morgan fingerprint density at radius 3 is 1.90 bits per heavy atom. The molecule has 2 aromatic rings. The van der Waals surface area contributed by atoms with Crippen molar-refractivity contribution in [3.63, 3.8) is 0 Å². The van der Waals surface area contributed by atoms with E-state index in [1.807, 2.05) is 0 Å². The number of hydrogen-bond donors (Lipinski definition) is 0. The largest absolute Gasteiger partial charge is 0.380 e. The van der Waals surface area contributed by atoms with Gasteiger partial charge in [-0.25, -0.2) is 0 Å². The minimum absolute atomic E-state index is 0.136. The summed E-state index contributed by atoms with van der Waals surface area (Å²) >= 11 is 3.64. The maximum Gasteiger partial charge on any atom is 0.0747 e. The van der Waals surface area contributed by atoms with Crippen LogP contribution in [-0.4, -0.2) is 31.1 Å². The molecular weight excluding hydrogens is 515 g/mol. The number of thioether (sulfide) groups is 1. The molecule has 1 fully saturated rings. The molecule has 5 heteroatoms. The first-order valence-electron chi connectivity index (χ1n) is 14.3. The average molecular weight is 567 g/mol. The summed E-state index contributed by atoms with van der Waals surface area (Å²) in [6.07, 6.45) is 2.19. The first-order chi connectivity index (χ1) is 17.9. The van der Waals surface area contributed by atoms with Gasteiger partial charge in [-0.1, -0.05) is 97.1 Å². The highest BCUT2D eigenvalue weighted by atomic mass is 32.2. The van der Waals surface area contributed by atoms with Crippen LogP contribution in [0.5, 0.6) is 0 Å². The van der Waals surface area contributed by atoms with Gasteiger partial charge in [0.2, 0.25) is 0 Å². The van der Waals surface area contributed by atoms with E-state index in [1.54, 1.807) is 7.11 Å². The topological polar surface area (TPSA) is 18.5 Å². The quantitative estimate of drug-likeness (QED) is 0.144. The standard InChI is InChI=1S/C34H51BO2S2/c1-30(2,3)20-29(26-16-18-27(19-17-26)38-37-23-31(4,5)6)34(10)33(9,39-34)21-28(32(7,8)35)25-14-12-24(13-15-25)22-36-11/h12-19,28-29H,20-23H2,1-11H3. The lowest BCUT2D eigenvalue weighted by Crippen LogP contribution is -2.33. The summed E-state index contributed by atoms with van der Waals surface area (Å²) in [4.78, 5) is 1.16. The van der Waals surface area contributed by atoms with Crippen molar-refractivity contribution in [2.45, 2.75) is 120 Å². The molecule has 1 heterocycles. The zero-order chi connectivity index (χ0) is 29.3. The van der Waals surface area contributed by atoms with E-state index in [0.29, 0.717) is 12.5 Å². The van der Waals surface area contributed by atoms with Crippen LogP contribution < -0.4 is 0 Å². The molecule has 2 nitrogen and oxygen atoms in total. The molecule has 1 saturated heterocycles. The number of hydrogen-bond acceptors (Lipinski definition) is 4. The molecule has 3 rings (SSSR count). The van der Waals surface area contributed by atoms with Gasteiger partial charge in [-0.15, -0.1) is 11.8 Å². The van der Waals surface area contributed by atoms with Crippen LogP contribution in [0.25, 0.3) is 0 Å². The van der Waals surface area contributed by atoms with Gasteiger partial charge in [-0.3, -0.25) is 0 Å². The Morgan fingerprint density at radius 2 is 1.41 bits per heavy atom. The summed E-state index contributed by atoms with van der Waals surface area (Å²) in [6, 6.07) is 18.0. The van der Waals surface area contributed by atoms with Gasteiger partial charge in [-0.05, 0) is 72.3 Å². The van der Waals surface area contributed by atoms with E-state index in [1.165, 1.54) is 28.7 Å². The van der Waals surface area contributed by atoms with E-state index < -0.39 is 0 Å². The highest BCUT2D eigenvalue weighted by Gasteiger charge is 2.66. The van der Waals surface area contributed by atoms with Crippen molar-refractivity contribution in [1.82, 2.24) is 0 Å². The third kappa shape index (κ3) is 8.80. The van der Waals surface area contributed by atoms with Gasteiger partial charge in [0.25, 0.3) is 0 Å². The van der Waals surface area contributed by atoms with Crippen molar-refractivity contribution < 1.29 is 8.92 Å². The smallest absolute Gasteiger partial charge is 0.0747 e. The van der Waals surface area contributed by atoms with E-state index in [9.17, 15) is 0 Å². The number of benzene rings is 2. The maximum absolute atomic E-state index is 6.86. The Labute approximate surface area is 249 Å². The Kier molecular flexibility index (Phi) is 10.2. The summed E-state index contributed by atoms with van der Waals surface area (Å²) in [5, 5.41) is -0.318. The molecule has 0 spiro atoms. The summed E-state index contributed by atoms with van der Waals surface area (Å²) in [6.45, 7) is 24.4. The Hall–Kier alpha value is -0.875. The lowest BCUT2D eigenvalue weighted by Gasteiger charge is -2.37. The van der Waals surface area contributed by atoms with Crippen molar-refractivity contribution in [3.05, 3.63) is 65.2 Å². The predicted octanol–water partition coefficient (Wildman–Crippen LogP) is 10.2. The first kappa shape index (κ1) is 32.6. The Balaban J connectivity index is 1.84. The number of ether oxygens (including phenoxy) is 1. The summed E-state index contributed by atoms with van der Waals surface area (Å²) in [5.41, 5.74) is 4.33. The third-order valence-corrected chi connectivity index (χ3v) is 10.7. The zero-order valence-electron chi connectivity index (χ0n) is 26.3. The lowest BCUT2D eigenvalue weighted by molar-refractivity contribution is 0.185. The van der Waals surface area contributed by atoms with Gasteiger partial charge in [-0.2, -0.15) is 0 Å². The van der Waals surface area contributed by atoms with E-state index in [2.05, 4.69) is 130 Å². The van der Waals surface area contributed by atoms with Crippen LogP contribution >= 0.6 is 23.8 Å². The van der Waals surface area contributed by atoms with E-state index >= 15 is 0 Å². The number of rotatable bonds is 12.